The number of carbonyl (C=O) groups excluding carboxylic acids is 2. The Labute approximate surface area is 162 Å². The van der Waals surface area contributed by atoms with Crippen LogP contribution in [-0.2, 0) is 0 Å². The molecule has 0 spiro atoms. The predicted molar refractivity (Wildman–Crippen MR) is 108 cm³/mol. The smallest absolute Gasteiger partial charge is 0.255 e. The van der Waals surface area contributed by atoms with Gasteiger partial charge >= 0.3 is 0 Å². The lowest BCUT2D eigenvalue weighted by atomic mass is 10.2. The molecule has 0 aliphatic heterocycles. The van der Waals surface area contributed by atoms with Crippen LogP contribution in [0.2, 0.25) is 0 Å². The minimum absolute atomic E-state index is 0.145. The summed E-state index contributed by atoms with van der Waals surface area (Å²) in [4.78, 5) is 24.5. The van der Waals surface area contributed by atoms with E-state index < -0.39 is 0 Å². The summed E-state index contributed by atoms with van der Waals surface area (Å²) in [5, 5.41) is 15.5. The molecule has 0 aromatic heterocycles. The van der Waals surface area contributed by atoms with Gasteiger partial charge in [-0.15, -0.1) is 0 Å². The highest BCUT2D eigenvalue weighted by Crippen LogP contribution is 2.27. The van der Waals surface area contributed by atoms with Crippen molar-refractivity contribution in [2.75, 3.05) is 17.2 Å². The fourth-order valence-corrected chi connectivity index (χ4v) is 2.57. The lowest BCUT2D eigenvalue weighted by Gasteiger charge is -2.11. The number of rotatable bonds is 6. The molecule has 6 heteroatoms. The first kappa shape index (κ1) is 19.0. The van der Waals surface area contributed by atoms with Crippen molar-refractivity contribution in [3.05, 3.63) is 83.9 Å². The molecule has 0 saturated carbocycles. The maximum Gasteiger partial charge on any atom is 0.255 e. The van der Waals surface area contributed by atoms with Crippen molar-refractivity contribution >= 4 is 23.2 Å². The van der Waals surface area contributed by atoms with Crippen molar-refractivity contribution in [1.29, 1.82) is 0 Å². The normalized spacial score (nSPS) is 10.2. The molecule has 0 atom stereocenters. The van der Waals surface area contributed by atoms with Crippen LogP contribution in [0.15, 0.2) is 72.8 Å². The van der Waals surface area contributed by atoms with Gasteiger partial charge in [-0.05, 0) is 55.5 Å². The Balaban J connectivity index is 1.66. The number of aromatic hydroxyl groups is 1. The second-order valence-corrected chi connectivity index (χ2v) is 5.96. The third-order valence-electron chi connectivity index (χ3n) is 3.97. The monoisotopic (exact) mass is 376 g/mol. The summed E-state index contributed by atoms with van der Waals surface area (Å²) in [5.74, 6) is -0.102. The zero-order valence-corrected chi connectivity index (χ0v) is 15.3. The number of hydrogen-bond acceptors (Lipinski definition) is 4. The Kier molecular flexibility index (Phi) is 5.91. The molecule has 0 radical (unpaired) electrons. The first-order valence-corrected chi connectivity index (χ1v) is 8.80. The average Bonchev–Trinajstić information content (AvgIpc) is 2.71. The van der Waals surface area contributed by atoms with E-state index >= 15 is 0 Å². The summed E-state index contributed by atoms with van der Waals surface area (Å²) < 4.78 is 5.35. The van der Waals surface area contributed by atoms with Gasteiger partial charge in [0.25, 0.3) is 11.8 Å². The number of carbonyl (C=O) groups is 2. The van der Waals surface area contributed by atoms with Crippen LogP contribution >= 0.6 is 0 Å². The van der Waals surface area contributed by atoms with Gasteiger partial charge in [0.1, 0.15) is 11.5 Å². The lowest BCUT2D eigenvalue weighted by Crippen LogP contribution is -2.13. The van der Waals surface area contributed by atoms with E-state index in [2.05, 4.69) is 10.6 Å². The first-order chi connectivity index (χ1) is 13.6. The third kappa shape index (κ3) is 4.67. The van der Waals surface area contributed by atoms with Gasteiger partial charge in [-0.25, -0.2) is 0 Å². The molecule has 28 heavy (non-hydrogen) atoms. The SMILES string of the molecule is CCOc1ccc(C(=O)Nc2ccc(NC(=O)c3ccccc3)c(O)c2)cc1. The molecular weight excluding hydrogens is 356 g/mol. The lowest BCUT2D eigenvalue weighted by molar-refractivity contribution is 0.101. The number of phenols is 1. The topological polar surface area (TPSA) is 87.7 Å². The van der Waals surface area contributed by atoms with Gasteiger partial charge < -0.3 is 20.5 Å². The molecule has 0 bridgehead atoms. The van der Waals surface area contributed by atoms with Crippen molar-refractivity contribution in [3.63, 3.8) is 0 Å². The summed E-state index contributed by atoms with van der Waals surface area (Å²) in [6.07, 6.45) is 0. The second kappa shape index (κ2) is 8.73. The predicted octanol–water partition coefficient (Wildman–Crippen LogP) is 4.30. The second-order valence-electron chi connectivity index (χ2n) is 5.96. The van der Waals surface area contributed by atoms with Crippen molar-refractivity contribution < 1.29 is 19.4 Å². The Bertz CT molecular complexity index is 970. The molecular formula is C22H20N2O4. The highest BCUT2D eigenvalue weighted by atomic mass is 16.5. The van der Waals surface area contributed by atoms with Gasteiger partial charge in [0.05, 0.1) is 12.3 Å². The Morgan fingerprint density at radius 1 is 0.857 bits per heavy atom. The van der Waals surface area contributed by atoms with Crippen LogP contribution in [0.3, 0.4) is 0 Å². The average molecular weight is 376 g/mol. The van der Waals surface area contributed by atoms with E-state index in [0.29, 0.717) is 29.2 Å². The molecule has 0 aliphatic rings. The van der Waals surface area contributed by atoms with Crippen molar-refractivity contribution in [2.45, 2.75) is 6.92 Å². The molecule has 0 heterocycles. The summed E-state index contributed by atoms with van der Waals surface area (Å²) in [6, 6.07) is 20.0. The number of phenolic OH excluding ortho intramolecular Hbond substituents is 1. The van der Waals surface area contributed by atoms with Gasteiger partial charge in [-0.3, -0.25) is 9.59 Å². The Hall–Kier alpha value is -3.80. The molecule has 3 aromatic carbocycles. The summed E-state index contributed by atoms with van der Waals surface area (Å²) in [6.45, 7) is 2.44. The number of anilines is 2. The van der Waals surface area contributed by atoms with E-state index in [1.54, 1.807) is 54.6 Å². The number of ether oxygens (including phenoxy) is 1. The van der Waals surface area contributed by atoms with Crippen LogP contribution in [0.5, 0.6) is 11.5 Å². The number of benzene rings is 3. The van der Waals surface area contributed by atoms with Crippen molar-refractivity contribution in [3.8, 4) is 11.5 Å². The Morgan fingerprint density at radius 3 is 2.14 bits per heavy atom. The zero-order chi connectivity index (χ0) is 19.9. The maximum absolute atomic E-state index is 12.3. The van der Waals surface area contributed by atoms with Gasteiger partial charge in [0.15, 0.2) is 0 Å². The molecule has 3 N–H and O–H groups in total. The van der Waals surface area contributed by atoms with Crippen LogP contribution in [-0.4, -0.2) is 23.5 Å². The van der Waals surface area contributed by atoms with E-state index in [-0.39, 0.29) is 23.3 Å². The van der Waals surface area contributed by atoms with Crippen LogP contribution in [0.25, 0.3) is 0 Å². The van der Waals surface area contributed by atoms with Crippen molar-refractivity contribution in [2.24, 2.45) is 0 Å². The number of hydrogen-bond donors (Lipinski definition) is 3. The molecule has 0 saturated heterocycles. The highest BCUT2D eigenvalue weighted by Gasteiger charge is 2.11. The van der Waals surface area contributed by atoms with E-state index in [1.807, 2.05) is 13.0 Å². The van der Waals surface area contributed by atoms with Crippen LogP contribution in [0, 0.1) is 0 Å². The van der Waals surface area contributed by atoms with Crippen LogP contribution in [0.4, 0.5) is 11.4 Å². The summed E-state index contributed by atoms with van der Waals surface area (Å²) in [7, 11) is 0. The van der Waals surface area contributed by atoms with Crippen LogP contribution in [0.1, 0.15) is 27.6 Å². The zero-order valence-electron chi connectivity index (χ0n) is 15.3. The molecule has 142 valence electrons. The van der Waals surface area contributed by atoms with Crippen LogP contribution < -0.4 is 15.4 Å². The first-order valence-electron chi connectivity index (χ1n) is 8.80. The van der Waals surface area contributed by atoms with E-state index in [0.717, 1.165) is 0 Å². The van der Waals surface area contributed by atoms with Gasteiger partial charge in [-0.1, -0.05) is 18.2 Å². The van der Waals surface area contributed by atoms with Gasteiger partial charge in [0, 0.05) is 22.9 Å². The molecule has 0 aliphatic carbocycles. The number of amides is 2. The largest absolute Gasteiger partial charge is 0.506 e. The molecule has 3 rings (SSSR count). The molecule has 0 unspecified atom stereocenters. The summed E-state index contributed by atoms with van der Waals surface area (Å²) in [5.41, 5.74) is 1.61. The van der Waals surface area contributed by atoms with E-state index in [9.17, 15) is 14.7 Å². The summed E-state index contributed by atoms with van der Waals surface area (Å²) >= 11 is 0. The van der Waals surface area contributed by atoms with Gasteiger partial charge in [-0.2, -0.15) is 0 Å². The Morgan fingerprint density at radius 2 is 1.50 bits per heavy atom. The molecule has 0 fully saturated rings. The fourth-order valence-electron chi connectivity index (χ4n) is 2.57. The quantitative estimate of drug-likeness (QED) is 0.560. The molecule has 3 aromatic rings. The molecule has 6 nitrogen and oxygen atoms in total. The molecule has 2 amide bonds. The number of nitrogens with one attached hydrogen (secondary N) is 2. The minimum atomic E-state index is -0.331. The van der Waals surface area contributed by atoms with Gasteiger partial charge in [0.2, 0.25) is 0 Å². The minimum Gasteiger partial charge on any atom is -0.506 e. The van der Waals surface area contributed by atoms with E-state index in [1.165, 1.54) is 12.1 Å². The third-order valence-corrected chi connectivity index (χ3v) is 3.97. The van der Waals surface area contributed by atoms with Crippen molar-refractivity contribution in [1.82, 2.24) is 0 Å². The fraction of sp³-hybridized carbons (Fsp3) is 0.0909. The standard InChI is InChI=1S/C22H20N2O4/c1-2-28-18-11-8-16(9-12-18)21(26)23-17-10-13-19(20(25)14-17)24-22(27)15-6-4-3-5-7-15/h3-14,25H,2H2,1H3,(H,23,26)(H,24,27). The van der Waals surface area contributed by atoms with E-state index in [4.69, 9.17) is 4.74 Å². The highest BCUT2D eigenvalue weighted by molar-refractivity contribution is 6.06. The maximum atomic E-state index is 12.3.